The molecule has 9 heteroatoms. The fraction of sp³-hybridized carbons (Fsp3) is 0.927. The molecule has 0 bridgehead atoms. The van der Waals surface area contributed by atoms with E-state index >= 15 is 0 Å². The SMILES string of the molecule is CCCCCC/C=C\CCCCCCCCOCC(COP(=O)(O)OCCN)OC(=O)CCCCCCCCCCCCCCCCCCC. The predicted molar refractivity (Wildman–Crippen MR) is 210 cm³/mol. The van der Waals surface area contributed by atoms with Gasteiger partial charge in [0.2, 0.25) is 0 Å². The van der Waals surface area contributed by atoms with Gasteiger partial charge in [-0.25, -0.2) is 4.57 Å². The second-order valence-electron chi connectivity index (χ2n) is 14.2. The zero-order chi connectivity index (χ0) is 36.6. The topological polar surface area (TPSA) is 117 Å². The van der Waals surface area contributed by atoms with Gasteiger partial charge in [0.05, 0.1) is 19.8 Å². The lowest BCUT2D eigenvalue weighted by molar-refractivity contribution is -0.154. The Morgan fingerprint density at radius 1 is 0.580 bits per heavy atom. The maximum absolute atomic E-state index is 12.6. The zero-order valence-corrected chi connectivity index (χ0v) is 33.8. The quantitative estimate of drug-likeness (QED) is 0.0276. The van der Waals surface area contributed by atoms with Crippen LogP contribution in [-0.4, -0.2) is 49.9 Å². The van der Waals surface area contributed by atoms with Crippen LogP contribution in [0.3, 0.4) is 0 Å². The van der Waals surface area contributed by atoms with Crippen LogP contribution in [0.2, 0.25) is 0 Å². The molecule has 0 rings (SSSR count). The molecule has 0 aromatic heterocycles. The number of hydrogen-bond acceptors (Lipinski definition) is 7. The average molecular weight is 732 g/mol. The molecule has 3 N–H and O–H groups in total. The molecule has 0 saturated heterocycles. The molecule has 0 radical (unpaired) electrons. The summed E-state index contributed by atoms with van der Waals surface area (Å²) in [4.78, 5) is 22.4. The van der Waals surface area contributed by atoms with Crippen molar-refractivity contribution in [3.05, 3.63) is 12.2 Å². The first-order chi connectivity index (χ1) is 24.4. The van der Waals surface area contributed by atoms with Crippen LogP contribution in [0.5, 0.6) is 0 Å². The fourth-order valence-electron chi connectivity index (χ4n) is 6.05. The lowest BCUT2D eigenvalue weighted by atomic mass is 10.0. The second-order valence-corrected chi connectivity index (χ2v) is 15.7. The fourth-order valence-corrected chi connectivity index (χ4v) is 6.82. The van der Waals surface area contributed by atoms with Crippen molar-refractivity contribution in [1.82, 2.24) is 0 Å². The number of unbranched alkanes of at least 4 members (excludes halogenated alkanes) is 26. The van der Waals surface area contributed by atoms with Gasteiger partial charge in [-0.1, -0.05) is 174 Å². The van der Waals surface area contributed by atoms with Crippen LogP contribution in [-0.2, 0) is 27.9 Å². The minimum Gasteiger partial charge on any atom is -0.457 e. The molecule has 0 spiro atoms. The standard InChI is InChI=1S/C41H82NO7P/c1-3-5-7-9-11-13-15-17-19-20-21-22-24-26-28-30-32-34-41(43)49-40(39-48-50(44,45)47-37-35-42)38-46-36-33-31-29-27-25-23-18-16-14-12-10-8-6-4-2/h14,16,40H,3-13,15,17-39,42H2,1-2H3,(H,44,45)/b16-14-. The van der Waals surface area contributed by atoms with E-state index in [0.29, 0.717) is 13.0 Å². The Labute approximate surface area is 309 Å². The van der Waals surface area contributed by atoms with Crippen LogP contribution in [0.1, 0.15) is 206 Å². The Morgan fingerprint density at radius 2 is 1.00 bits per heavy atom. The van der Waals surface area contributed by atoms with Gasteiger partial charge in [0.15, 0.2) is 0 Å². The summed E-state index contributed by atoms with van der Waals surface area (Å²) in [5, 5.41) is 0. The van der Waals surface area contributed by atoms with E-state index in [4.69, 9.17) is 24.3 Å². The van der Waals surface area contributed by atoms with Crippen LogP contribution in [0.15, 0.2) is 12.2 Å². The summed E-state index contributed by atoms with van der Waals surface area (Å²) in [5.74, 6) is -0.329. The average Bonchev–Trinajstić information content (AvgIpc) is 3.10. The van der Waals surface area contributed by atoms with Crippen molar-refractivity contribution in [3.63, 3.8) is 0 Å². The van der Waals surface area contributed by atoms with Crippen molar-refractivity contribution < 1.29 is 32.8 Å². The van der Waals surface area contributed by atoms with Gasteiger partial charge < -0.3 is 20.1 Å². The molecular weight excluding hydrogens is 649 g/mol. The van der Waals surface area contributed by atoms with Crippen LogP contribution in [0.25, 0.3) is 0 Å². The first-order valence-electron chi connectivity index (χ1n) is 21.2. The Bertz CT molecular complexity index is 782. The Hall–Kier alpha value is -0.760. The highest BCUT2D eigenvalue weighted by atomic mass is 31.2. The monoisotopic (exact) mass is 732 g/mol. The molecule has 0 aliphatic rings. The Kier molecular flexibility index (Phi) is 38.8. The first-order valence-corrected chi connectivity index (χ1v) is 22.7. The summed E-state index contributed by atoms with van der Waals surface area (Å²) in [6.45, 7) is 4.93. The summed E-state index contributed by atoms with van der Waals surface area (Å²) in [5.41, 5.74) is 5.36. The van der Waals surface area contributed by atoms with E-state index in [0.717, 1.165) is 32.1 Å². The highest BCUT2D eigenvalue weighted by molar-refractivity contribution is 7.47. The molecule has 0 fully saturated rings. The van der Waals surface area contributed by atoms with Gasteiger partial charge in [0.1, 0.15) is 6.10 Å². The van der Waals surface area contributed by atoms with Gasteiger partial charge in [-0.2, -0.15) is 0 Å². The first kappa shape index (κ1) is 49.2. The third kappa shape index (κ3) is 38.5. The summed E-state index contributed by atoms with van der Waals surface area (Å²) in [6.07, 6.45) is 40.8. The molecule has 0 aromatic rings. The lowest BCUT2D eigenvalue weighted by Crippen LogP contribution is -2.28. The van der Waals surface area contributed by atoms with Crippen molar-refractivity contribution in [2.24, 2.45) is 5.73 Å². The van der Waals surface area contributed by atoms with Crippen molar-refractivity contribution in [1.29, 1.82) is 0 Å². The molecule has 0 heterocycles. The van der Waals surface area contributed by atoms with Crippen LogP contribution in [0, 0.1) is 0 Å². The van der Waals surface area contributed by atoms with E-state index in [9.17, 15) is 14.3 Å². The van der Waals surface area contributed by atoms with Crippen LogP contribution >= 0.6 is 7.82 Å². The predicted octanol–water partition coefficient (Wildman–Crippen LogP) is 12.3. The maximum Gasteiger partial charge on any atom is 0.472 e. The maximum atomic E-state index is 12.6. The van der Waals surface area contributed by atoms with Crippen molar-refractivity contribution in [2.75, 3.05) is 33.0 Å². The third-order valence-corrected chi connectivity index (χ3v) is 10.2. The zero-order valence-electron chi connectivity index (χ0n) is 32.9. The summed E-state index contributed by atoms with van der Waals surface area (Å²) < 4.78 is 33.4. The molecule has 8 nitrogen and oxygen atoms in total. The minimum absolute atomic E-state index is 0.0934. The largest absolute Gasteiger partial charge is 0.472 e. The van der Waals surface area contributed by atoms with Gasteiger partial charge in [-0.05, 0) is 38.5 Å². The molecule has 0 aliphatic carbocycles. The molecule has 0 aliphatic heterocycles. The molecule has 0 saturated carbocycles. The number of carbonyl (C=O) groups is 1. The lowest BCUT2D eigenvalue weighted by Gasteiger charge is -2.20. The smallest absolute Gasteiger partial charge is 0.457 e. The number of rotatable bonds is 41. The summed E-state index contributed by atoms with van der Waals surface area (Å²) in [7, 11) is -4.27. The molecular formula is C41H82NO7P. The van der Waals surface area contributed by atoms with E-state index in [1.54, 1.807) is 0 Å². The second kappa shape index (κ2) is 39.4. The minimum atomic E-state index is -4.27. The highest BCUT2D eigenvalue weighted by Gasteiger charge is 2.25. The van der Waals surface area contributed by atoms with E-state index in [2.05, 4.69) is 26.0 Å². The van der Waals surface area contributed by atoms with Gasteiger partial charge in [0.25, 0.3) is 0 Å². The Morgan fingerprint density at radius 3 is 1.48 bits per heavy atom. The van der Waals surface area contributed by atoms with E-state index in [1.807, 2.05) is 0 Å². The van der Waals surface area contributed by atoms with Gasteiger partial charge >= 0.3 is 13.8 Å². The summed E-state index contributed by atoms with van der Waals surface area (Å²) in [6, 6.07) is 0. The van der Waals surface area contributed by atoms with Gasteiger partial charge in [-0.3, -0.25) is 13.8 Å². The Balaban J connectivity index is 4.01. The van der Waals surface area contributed by atoms with Crippen molar-refractivity contribution >= 4 is 13.8 Å². The molecule has 0 amide bonds. The number of hydrogen-bond donors (Lipinski definition) is 2. The summed E-state index contributed by atoms with van der Waals surface area (Å²) >= 11 is 0. The molecule has 2 atom stereocenters. The molecule has 0 aromatic carbocycles. The molecule has 298 valence electrons. The number of esters is 1. The molecule has 2 unspecified atom stereocenters. The molecule has 50 heavy (non-hydrogen) atoms. The van der Waals surface area contributed by atoms with Crippen molar-refractivity contribution in [2.45, 2.75) is 213 Å². The normalized spacial score (nSPS) is 13.6. The van der Waals surface area contributed by atoms with Crippen LogP contribution in [0.4, 0.5) is 0 Å². The number of allylic oxidation sites excluding steroid dienone is 2. The van der Waals surface area contributed by atoms with E-state index < -0.39 is 13.9 Å². The number of nitrogens with two attached hydrogens (primary N) is 1. The number of carbonyl (C=O) groups excluding carboxylic acids is 1. The van der Waals surface area contributed by atoms with Crippen molar-refractivity contribution in [3.8, 4) is 0 Å². The van der Waals surface area contributed by atoms with Gasteiger partial charge in [-0.15, -0.1) is 0 Å². The van der Waals surface area contributed by atoms with Gasteiger partial charge in [0, 0.05) is 19.6 Å². The van der Waals surface area contributed by atoms with Crippen LogP contribution < -0.4 is 5.73 Å². The van der Waals surface area contributed by atoms with E-state index in [1.165, 1.54) is 154 Å². The van der Waals surface area contributed by atoms with E-state index in [-0.39, 0.29) is 32.3 Å². The highest BCUT2D eigenvalue weighted by Crippen LogP contribution is 2.43. The number of phosphoric ester groups is 1. The number of ether oxygens (including phenoxy) is 2. The number of phosphoric acid groups is 1. The third-order valence-electron chi connectivity index (χ3n) is 9.18.